The Morgan fingerprint density at radius 1 is 0.808 bits per heavy atom. The summed E-state index contributed by atoms with van der Waals surface area (Å²) in [6.45, 7) is 8.60. The first-order valence-electron chi connectivity index (χ1n) is 11.2. The summed E-state index contributed by atoms with van der Waals surface area (Å²) in [6.07, 6.45) is 17.9. The van der Waals surface area contributed by atoms with E-state index in [1.807, 2.05) is 0 Å². The van der Waals surface area contributed by atoms with Crippen molar-refractivity contribution >= 4 is 21.9 Å². The van der Waals surface area contributed by atoms with Gasteiger partial charge in [-0.1, -0.05) is 87.6 Å². The Balaban J connectivity index is 4.35. The standard InChI is InChI=1S/C23H45BrO2/c1-5-7-9-13-17-21(18-14-10-8-6-2)26-22(25)23(3,4)19-15-11-12-16-20-24/h21H,5-20H2,1-4H3. The molecule has 0 radical (unpaired) electrons. The molecule has 0 rings (SSSR count). The number of alkyl halides is 1. The van der Waals surface area contributed by atoms with E-state index in [-0.39, 0.29) is 17.5 Å². The molecule has 3 heteroatoms. The van der Waals surface area contributed by atoms with E-state index in [1.54, 1.807) is 0 Å². The highest BCUT2D eigenvalue weighted by molar-refractivity contribution is 9.09. The van der Waals surface area contributed by atoms with Crippen LogP contribution >= 0.6 is 15.9 Å². The number of unbranched alkanes of at least 4 members (excludes halogenated alkanes) is 9. The maximum atomic E-state index is 12.7. The Labute approximate surface area is 172 Å². The molecule has 0 saturated heterocycles. The van der Waals surface area contributed by atoms with E-state index in [0.717, 1.165) is 31.0 Å². The summed E-state index contributed by atoms with van der Waals surface area (Å²) in [5.74, 6) is 0.0222. The van der Waals surface area contributed by atoms with Crippen LogP contribution in [0.3, 0.4) is 0 Å². The summed E-state index contributed by atoms with van der Waals surface area (Å²) in [5, 5.41) is 1.08. The van der Waals surface area contributed by atoms with Gasteiger partial charge in [-0.3, -0.25) is 4.79 Å². The van der Waals surface area contributed by atoms with Crippen molar-refractivity contribution in [3.8, 4) is 0 Å². The number of rotatable bonds is 18. The Morgan fingerprint density at radius 3 is 1.81 bits per heavy atom. The fourth-order valence-electron chi connectivity index (χ4n) is 3.29. The summed E-state index contributed by atoms with van der Waals surface area (Å²) in [7, 11) is 0. The first kappa shape index (κ1) is 26.0. The Kier molecular flexibility index (Phi) is 17.0. The quantitative estimate of drug-likeness (QED) is 0.124. The molecule has 0 saturated carbocycles. The van der Waals surface area contributed by atoms with Crippen molar-refractivity contribution in [1.82, 2.24) is 0 Å². The van der Waals surface area contributed by atoms with E-state index in [9.17, 15) is 4.79 Å². The third-order valence-corrected chi connectivity index (χ3v) is 5.83. The molecule has 2 nitrogen and oxygen atoms in total. The summed E-state index contributed by atoms with van der Waals surface area (Å²) in [5.41, 5.74) is -0.348. The Bertz CT molecular complexity index is 316. The van der Waals surface area contributed by atoms with Crippen LogP contribution in [0.25, 0.3) is 0 Å². The zero-order chi connectivity index (χ0) is 19.7. The number of hydrogen-bond acceptors (Lipinski definition) is 2. The van der Waals surface area contributed by atoms with E-state index < -0.39 is 0 Å². The molecule has 0 aliphatic carbocycles. The highest BCUT2D eigenvalue weighted by atomic mass is 79.9. The van der Waals surface area contributed by atoms with Crippen LogP contribution in [0.4, 0.5) is 0 Å². The molecule has 0 heterocycles. The molecule has 0 aromatic rings. The second-order valence-corrected chi connectivity index (χ2v) is 9.26. The van der Waals surface area contributed by atoms with Crippen LogP contribution in [-0.2, 0) is 9.53 Å². The lowest BCUT2D eigenvalue weighted by atomic mass is 9.86. The third-order valence-electron chi connectivity index (χ3n) is 5.27. The topological polar surface area (TPSA) is 26.3 Å². The van der Waals surface area contributed by atoms with E-state index in [1.165, 1.54) is 70.6 Å². The summed E-state index contributed by atoms with van der Waals surface area (Å²) < 4.78 is 6.01. The monoisotopic (exact) mass is 432 g/mol. The molecule has 26 heavy (non-hydrogen) atoms. The van der Waals surface area contributed by atoms with Gasteiger partial charge >= 0.3 is 5.97 Å². The zero-order valence-electron chi connectivity index (χ0n) is 18.1. The highest BCUT2D eigenvalue weighted by Crippen LogP contribution is 2.28. The maximum Gasteiger partial charge on any atom is 0.311 e. The van der Waals surface area contributed by atoms with Gasteiger partial charge in [0.2, 0.25) is 0 Å². The zero-order valence-corrected chi connectivity index (χ0v) is 19.7. The fourth-order valence-corrected chi connectivity index (χ4v) is 3.68. The summed E-state index contributed by atoms with van der Waals surface area (Å²) in [4.78, 5) is 12.7. The van der Waals surface area contributed by atoms with Crippen LogP contribution in [0, 0.1) is 5.41 Å². The van der Waals surface area contributed by atoms with Crippen LogP contribution < -0.4 is 0 Å². The van der Waals surface area contributed by atoms with Gasteiger partial charge in [-0.05, 0) is 52.4 Å². The molecule has 0 aliphatic rings. The van der Waals surface area contributed by atoms with Crippen LogP contribution in [0.2, 0.25) is 0 Å². The summed E-state index contributed by atoms with van der Waals surface area (Å²) in [6, 6.07) is 0. The van der Waals surface area contributed by atoms with Crippen LogP contribution in [0.1, 0.15) is 124 Å². The van der Waals surface area contributed by atoms with E-state index in [2.05, 4.69) is 43.6 Å². The molecule has 156 valence electrons. The SMILES string of the molecule is CCCCCCC(CCCCCC)OC(=O)C(C)(C)CCCCCCBr. The lowest BCUT2D eigenvalue weighted by Gasteiger charge is -2.27. The van der Waals surface area contributed by atoms with E-state index in [0.29, 0.717) is 0 Å². The van der Waals surface area contributed by atoms with Crippen LogP contribution in [0.15, 0.2) is 0 Å². The van der Waals surface area contributed by atoms with Crippen LogP contribution in [0.5, 0.6) is 0 Å². The Morgan fingerprint density at radius 2 is 1.31 bits per heavy atom. The van der Waals surface area contributed by atoms with Crippen molar-refractivity contribution in [2.24, 2.45) is 5.41 Å². The lowest BCUT2D eigenvalue weighted by Crippen LogP contribution is -2.31. The maximum absolute atomic E-state index is 12.7. The molecule has 0 amide bonds. The molecule has 0 N–H and O–H groups in total. The molecule has 0 aliphatic heterocycles. The van der Waals surface area contributed by atoms with E-state index in [4.69, 9.17) is 4.74 Å². The smallest absolute Gasteiger partial charge is 0.311 e. The molecule has 0 unspecified atom stereocenters. The molecular formula is C23H45BrO2. The molecule has 0 atom stereocenters. The number of hydrogen-bond donors (Lipinski definition) is 0. The van der Waals surface area contributed by atoms with Crippen LogP contribution in [-0.4, -0.2) is 17.4 Å². The number of ether oxygens (including phenoxy) is 1. The van der Waals surface area contributed by atoms with Gasteiger partial charge in [0, 0.05) is 5.33 Å². The molecular weight excluding hydrogens is 388 g/mol. The van der Waals surface area contributed by atoms with Gasteiger partial charge in [-0.25, -0.2) is 0 Å². The first-order chi connectivity index (χ1) is 12.5. The average Bonchev–Trinajstić information content (AvgIpc) is 2.61. The van der Waals surface area contributed by atoms with Crippen molar-refractivity contribution in [2.75, 3.05) is 5.33 Å². The highest BCUT2D eigenvalue weighted by Gasteiger charge is 2.30. The van der Waals surface area contributed by atoms with Crippen molar-refractivity contribution in [3.05, 3.63) is 0 Å². The molecule has 0 fully saturated rings. The second-order valence-electron chi connectivity index (χ2n) is 8.46. The number of halogens is 1. The fraction of sp³-hybridized carbons (Fsp3) is 0.957. The van der Waals surface area contributed by atoms with Gasteiger partial charge < -0.3 is 4.74 Å². The lowest BCUT2D eigenvalue weighted by molar-refractivity contribution is -0.161. The van der Waals surface area contributed by atoms with Gasteiger partial charge in [-0.15, -0.1) is 0 Å². The van der Waals surface area contributed by atoms with Crippen molar-refractivity contribution in [3.63, 3.8) is 0 Å². The predicted molar refractivity (Wildman–Crippen MR) is 118 cm³/mol. The largest absolute Gasteiger partial charge is 0.462 e. The van der Waals surface area contributed by atoms with Gasteiger partial charge in [0.25, 0.3) is 0 Å². The molecule has 0 bridgehead atoms. The molecule has 0 aromatic heterocycles. The third kappa shape index (κ3) is 14.1. The average molecular weight is 434 g/mol. The van der Waals surface area contributed by atoms with Gasteiger partial charge in [0.05, 0.1) is 5.41 Å². The van der Waals surface area contributed by atoms with Gasteiger partial charge in [-0.2, -0.15) is 0 Å². The van der Waals surface area contributed by atoms with Gasteiger partial charge in [0.15, 0.2) is 0 Å². The normalized spacial score (nSPS) is 11.9. The molecule has 0 spiro atoms. The minimum absolute atomic E-state index is 0.0222. The minimum atomic E-state index is -0.348. The molecule has 0 aromatic carbocycles. The summed E-state index contributed by atoms with van der Waals surface area (Å²) >= 11 is 3.48. The number of carbonyl (C=O) groups excluding carboxylic acids is 1. The van der Waals surface area contributed by atoms with Crippen molar-refractivity contribution in [1.29, 1.82) is 0 Å². The first-order valence-corrected chi connectivity index (χ1v) is 12.4. The number of esters is 1. The second kappa shape index (κ2) is 17.1. The van der Waals surface area contributed by atoms with E-state index >= 15 is 0 Å². The number of carbonyl (C=O) groups is 1. The minimum Gasteiger partial charge on any atom is -0.462 e. The predicted octanol–water partition coefficient (Wildman–Crippen LogP) is 8.21. The van der Waals surface area contributed by atoms with Gasteiger partial charge in [0.1, 0.15) is 6.10 Å². The van der Waals surface area contributed by atoms with Crippen molar-refractivity contribution in [2.45, 2.75) is 130 Å². The van der Waals surface area contributed by atoms with Crippen molar-refractivity contribution < 1.29 is 9.53 Å². The Hall–Kier alpha value is -0.0500.